The molecule has 0 amide bonds. The Morgan fingerprint density at radius 3 is 0.794 bits per heavy atom. The summed E-state index contributed by atoms with van der Waals surface area (Å²) >= 11 is 1.82. The fraction of sp³-hybridized carbons (Fsp3) is 0.766. The quantitative estimate of drug-likeness (QED) is 0.0273. The molecule has 0 saturated heterocycles. The van der Waals surface area contributed by atoms with E-state index in [0.29, 0.717) is 0 Å². The van der Waals surface area contributed by atoms with Crippen molar-refractivity contribution in [2.75, 3.05) is 0 Å². The third-order valence-electron chi connectivity index (χ3n) is 20.3. The summed E-state index contributed by atoms with van der Waals surface area (Å²) in [6.07, 6.45) is 89.8. The summed E-state index contributed by atoms with van der Waals surface area (Å²) in [5.74, 6) is 21.3. The van der Waals surface area contributed by atoms with Gasteiger partial charge in [0.1, 0.15) is 5.57 Å². The molecule has 2 aromatic rings. The van der Waals surface area contributed by atoms with E-state index in [9.17, 15) is 5.53 Å². The summed E-state index contributed by atoms with van der Waals surface area (Å²) in [6, 6.07) is 17.3. The van der Waals surface area contributed by atoms with E-state index in [-0.39, 0.29) is 0 Å². The maximum atomic E-state index is 12.3. The number of benzene rings is 2. The standard InChI is InChI=1S/C90H148N2.2C2H5.Ni/c1-4-7-10-13-16-19-22-25-28-30-32-34-36-38-40-42-44-46-48-50-52-55-57-60-63-66-69-76-84-78-72-74-81-87(84)89-83-86(80-71-68-65-62-59-54-27-24-21-18-15-12-9-6-3)90(92(89)91)88-82-75-73-79-85(88)77-70-67-64-61-58-56-53-51-49-47-45-43-41-39-37-35-33-31-29-26-23-20-17-14-11-8-5-2;2*1-2;/h72-75,78-79,81-83H,4-62,65,68-70,76-77H2,1-3H3;2*1H2,2H3;. The Morgan fingerprint density at radius 1 is 0.278 bits per heavy atom. The number of rotatable bonds is 66. The van der Waals surface area contributed by atoms with Gasteiger partial charge >= 0.3 is 39.1 Å². The first-order valence-electron chi connectivity index (χ1n) is 43.1. The zero-order valence-corrected chi connectivity index (χ0v) is 66.3. The van der Waals surface area contributed by atoms with Crippen LogP contribution in [0.25, 0.3) is 16.9 Å². The van der Waals surface area contributed by atoms with Gasteiger partial charge in [-0.25, -0.2) is 4.70 Å². The van der Waals surface area contributed by atoms with E-state index in [2.05, 4.69) is 125 Å². The molecule has 0 fully saturated rings. The van der Waals surface area contributed by atoms with Gasteiger partial charge in [-0.1, -0.05) is 422 Å². The van der Waals surface area contributed by atoms with Crippen molar-refractivity contribution in [2.45, 2.75) is 463 Å². The van der Waals surface area contributed by atoms with Gasteiger partial charge in [0.25, 0.3) is 0 Å². The molecular weight excluding hydrogens is 1220 g/mol. The molecule has 1 aliphatic heterocycles. The predicted molar refractivity (Wildman–Crippen MR) is 431 cm³/mol. The fourth-order valence-corrected chi connectivity index (χ4v) is 14.6. The minimum absolute atomic E-state index is 0.806. The van der Waals surface area contributed by atoms with Gasteiger partial charge in [-0.3, -0.25) is 0 Å². The summed E-state index contributed by atoms with van der Waals surface area (Å²) in [4.78, 5) is 0. The van der Waals surface area contributed by atoms with Crippen LogP contribution in [-0.2, 0) is 27.3 Å². The van der Waals surface area contributed by atoms with Crippen molar-refractivity contribution in [2.24, 2.45) is 0 Å². The number of hydrogen-bond donors (Lipinski definition) is 0. The summed E-state index contributed by atoms with van der Waals surface area (Å²) in [5, 5.41) is 2.56. The van der Waals surface area contributed by atoms with Crippen LogP contribution in [0.4, 0.5) is 0 Å². The topological polar surface area (TPSA) is 25.3 Å². The molecule has 554 valence electrons. The SMILES string of the molecule is CCCCCCCCCCCCCCC#CC1=C(c2ccccc2CCC#CCCCCCCCCCCCCCCCCCCCCCCCCC)[N+](=[N-])C(c2ccccc2CCC#CCCCCCCCCCCCCCCCCCCCCCCCCC)=C1.C[CH2][Ni][CH2]C. The van der Waals surface area contributed by atoms with E-state index in [1.165, 1.54) is 393 Å². The van der Waals surface area contributed by atoms with Gasteiger partial charge in [0, 0.05) is 43.7 Å². The molecule has 0 unspecified atom stereocenters. The molecule has 1 aliphatic rings. The van der Waals surface area contributed by atoms with Crippen molar-refractivity contribution < 1.29 is 19.1 Å². The van der Waals surface area contributed by atoms with E-state index in [0.717, 1.165) is 79.5 Å². The van der Waals surface area contributed by atoms with Crippen molar-refractivity contribution in [3.05, 3.63) is 88.0 Å². The average Bonchev–Trinajstić information content (AvgIpc) is 1.64. The molecule has 3 rings (SSSR count). The Hall–Kier alpha value is -3.31. The van der Waals surface area contributed by atoms with Gasteiger partial charge in [0.05, 0.1) is 5.56 Å². The Kier molecular flexibility index (Phi) is 67.1. The Morgan fingerprint density at radius 2 is 0.515 bits per heavy atom. The van der Waals surface area contributed by atoms with Crippen LogP contribution in [0, 0.1) is 35.5 Å². The third-order valence-corrected chi connectivity index (χ3v) is 21.3. The second kappa shape index (κ2) is 72.5. The van der Waals surface area contributed by atoms with Gasteiger partial charge < -0.3 is 5.53 Å². The zero-order chi connectivity index (χ0) is 69.3. The summed E-state index contributed by atoms with van der Waals surface area (Å²) in [7, 11) is 0. The Balaban J connectivity index is 0.00000616. The third kappa shape index (κ3) is 54.1. The monoisotopic (exact) mass is 1370 g/mol. The van der Waals surface area contributed by atoms with Gasteiger partial charge in [0.15, 0.2) is 0 Å². The number of allylic oxidation sites excluding steroid dienone is 2. The molecule has 3 heteroatoms. The molecular formula is C94H158N2Ni. The molecule has 1 heterocycles. The molecule has 0 radical (unpaired) electrons. The first-order valence-corrected chi connectivity index (χ1v) is 44.5. The van der Waals surface area contributed by atoms with Crippen LogP contribution in [0.2, 0.25) is 10.8 Å². The van der Waals surface area contributed by atoms with Gasteiger partial charge in [0.2, 0.25) is 11.4 Å². The summed E-state index contributed by atoms with van der Waals surface area (Å²) in [6.45, 7) is 11.3. The van der Waals surface area contributed by atoms with Gasteiger partial charge in [-0.15, -0.1) is 23.7 Å². The van der Waals surface area contributed by atoms with Crippen molar-refractivity contribution in [3.63, 3.8) is 0 Å². The van der Waals surface area contributed by atoms with E-state index < -0.39 is 0 Å². The second-order valence-electron chi connectivity index (χ2n) is 29.2. The van der Waals surface area contributed by atoms with Crippen molar-refractivity contribution >= 4 is 11.4 Å². The Labute approximate surface area is 612 Å². The zero-order valence-electron chi connectivity index (χ0n) is 65.3. The molecule has 0 aliphatic carbocycles. The van der Waals surface area contributed by atoms with Crippen LogP contribution in [0.1, 0.15) is 461 Å². The van der Waals surface area contributed by atoms with E-state index in [4.69, 9.17) is 0 Å². The van der Waals surface area contributed by atoms with Crippen molar-refractivity contribution in [3.8, 4) is 35.5 Å². The van der Waals surface area contributed by atoms with Crippen LogP contribution < -0.4 is 0 Å². The van der Waals surface area contributed by atoms with Crippen LogP contribution >= 0.6 is 0 Å². The first kappa shape index (κ1) is 89.8. The molecule has 0 spiro atoms. The molecule has 97 heavy (non-hydrogen) atoms. The van der Waals surface area contributed by atoms with E-state index >= 15 is 0 Å². The molecule has 2 aromatic carbocycles. The molecule has 0 N–H and O–H groups in total. The normalized spacial score (nSPS) is 11.9. The van der Waals surface area contributed by atoms with Crippen molar-refractivity contribution in [1.82, 2.24) is 0 Å². The van der Waals surface area contributed by atoms with E-state index in [1.54, 1.807) is 0 Å². The predicted octanol–water partition coefficient (Wildman–Crippen LogP) is 32.2. The number of hydrogen-bond acceptors (Lipinski definition) is 0. The Bertz CT molecular complexity index is 2330. The van der Waals surface area contributed by atoms with Crippen LogP contribution in [0.3, 0.4) is 0 Å². The fourth-order valence-electron chi connectivity index (χ4n) is 14.1. The molecule has 2 nitrogen and oxygen atoms in total. The van der Waals surface area contributed by atoms with Gasteiger partial charge in [-0.2, -0.15) is 0 Å². The average molecular weight is 1380 g/mol. The van der Waals surface area contributed by atoms with E-state index in [1.807, 2.05) is 14.4 Å². The number of unbranched alkanes of at least 4 members (excludes halogenated alkanes) is 58. The molecule has 0 saturated carbocycles. The maximum absolute atomic E-state index is 12.3. The second-order valence-corrected chi connectivity index (χ2v) is 31.1. The first-order chi connectivity index (χ1) is 48.1. The van der Waals surface area contributed by atoms with Crippen LogP contribution in [-0.4, -0.2) is 4.70 Å². The number of nitrogens with zero attached hydrogens (tertiary/aromatic N) is 2. The van der Waals surface area contributed by atoms with Gasteiger partial charge in [-0.05, 0) is 55.4 Å². The van der Waals surface area contributed by atoms with Crippen LogP contribution in [0.15, 0.2) is 60.2 Å². The molecule has 0 bridgehead atoms. The summed E-state index contributed by atoms with van der Waals surface area (Å²) in [5.41, 5.74) is 19.4. The summed E-state index contributed by atoms with van der Waals surface area (Å²) < 4.78 is 1.45. The number of aryl methyl sites for hydroxylation is 2. The minimum atomic E-state index is 0.806. The van der Waals surface area contributed by atoms with Crippen LogP contribution in [0.5, 0.6) is 0 Å². The van der Waals surface area contributed by atoms with Crippen molar-refractivity contribution in [1.29, 1.82) is 0 Å². The molecule has 0 atom stereocenters. The molecule has 0 aromatic heterocycles.